The second-order valence-electron chi connectivity index (χ2n) is 5.22. The Labute approximate surface area is 155 Å². The molecule has 0 bridgehead atoms. The molecule has 0 aliphatic carbocycles. The monoisotopic (exact) mass is 405 g/mol. The molecule has 0 saturated carbocycles. The van der Waals surface area contributed by atoms with Crippen LogP contribution in [0.25, 0.3) is 0 Å². The fourth-order valence-corrected chi connectivity index (χ4v) is 2.31. The van der Waals surface area contributed by atoms with E-state index < -0.39 is 6.04 Å². The Morgan fingerprint density at radius 2 is 1.88 bits per heavy atom. The molecular weight excluding hydrogens is 386 g/mol. The highest BCUT2D eigenvalue weighted by Crippen LogP contribution is 2.23. The van der Waals surface area contributed by atoms with E-state index in [4.69, 9.17) is 9.47 Å². The molecule has 2 aromatic carbocycles. The molecule has 25 heavy (non-hydrogen) atoms. The minimum absolute atomic E-state index is 0.244. The topological polar surface area (TPSA) is 72.0 Å². The van der Waals surface area contributed by atoms with Gasteiger partial charge in [0.1, 0.15) is 17.5 Å². The van der Waals surface area contributed by atoms with E-state index in [0.717, 1.165) is 15.7 Å². The summed E-state index contributed by atoms with van der Waals surface area (Å²) in [6.07, 6.45) is 1.53. The highest BCUT2D eigenvalue weighted by molar-refractivity contribution is 9.10. The van der Waals surface area contributed by atoms with Gasteiger partial charge in [-0.15, -0.1) is 0 Å². The lowest BCUT2D eigenvalue weighted by Crippen LogP contribution is -2.34. The van der Waals surface area contributed by atoms with Gasteiger partial charge in [-0.2, -0.15) is 5.10 Å². The summed E-state index contributed by atoms with van der Waals surface area (Å²) in [5, 5.41) is 7.10. The standard InChI is InChI=1S/C18H20BrN3O3/c1-12(21-15-7-5-14(19)6-8-15)18(23)22-20-11-13-4-9-16(24-2)10-17(13)25-3/h4-12,21H,1-3H3,(H,22,23)/b20-11-/t12-/m0/s1. The van der Waals surface area contributed by atoms with Crippen LogP contribution in [-0.2, 0) is 4.79 Å². The third-order valence-corrected chi connectivity index (χ3v) is 3.97. The number of ether oxygens (including phenoxy) is 2. The first-order valence-electron chi connectivity index (χ1n) is 7.60. The summed E-state index contributed by atoms with van der Waals surface area (Å²) in [4.78, 5) is 12.1. The number of anilines is 1. The molecule has 2 aromatic rings. The van der Waals surface area contributed by atoms with Crippen LogP contribution in [0.2, 0.25) is 0 Å². The van der Waals surface area contributed by atoms with Gasteiger partial charge in [-0.05, 0) is 43.3 Å². The number of rotatable bonds is 7. The van der Waals surface area contributed by atoms with Crippen LogP contribution in [0.4, 0.5) is 5.69 Å². The zero-order valence-corrected chi connectivity index (χ0v) is 15.8. The third kappa shape index (κ3) is 5.49. The van der Waals surface area contributed by atoms with Gasteiger partial charge in [0.05, 0.1) is 20.4 Å². The zero-order valence-electron chi connectivity index (χ0n) is 14.2. The molecule has 0 fully saturated rings. The first-order valence-corrected chi connectivity index (χ1v) is 8.40. The molecule has 2 rings (SSSR count). The number of nitrogens with one attached hydrogen (secondary N) is 2. The smallest absolute Gasteiger partial charge is 0.262 e. The fraction of sp³-hybridized carbons (Fsp3) is 0.222. The predicted octanol–water partition coefficient (Wildman–Crippen LogP) is 3.42. The largest absolute Gasteiger partial charge is 0.497 e. The Hall–Kier alpha value is -2.54. The lowest BCUT2D eigenvalue weighted by Gasteiger charge is -2.13. The molecule has 132 valence electrons. The average Bonchev–Trinajstić information content (AvgIpc) is 2.63. The number of hydrogen-bond donors (Lipinski definition) is 2. The molecule has 2 N–H and O–H groups in total. The van der Waals surface area contributed by atoms with E-state index in [1.807, 2.05) is 24.3 Å². The van der Waals surface area contributed by atoms with Gasteiger partial charge in [-0.1, -0.05) is 15.9 Å². The van der Waals surface area contributed by atoms with Crippen molar-refractivity contribution in [2.75, 3.05) is 19.5 Å². The Bertz CT molecular complexity index is 748. The molecule has 0 aliphatic rings. The maximum Gasteiger partial charge on any atom is 0.262 e. The molecule has 0 aromatic heterocycles. The van der Waals surface area contributed by atoms with Crippen molar-refractivity contribution in [3.05, 3.63) is 52.5 Å². The number of halogens is 1. The maximum absolute atomic E-state index is 12.1. The number of methoxy groups -OCH3 is 2. The van der Waals surface area contributed by atoms with Gasteiger partial charge in [0.2, 0.25) is 0 Å². The lowest BCUT2D eigenvalue weighted by atomic mass is 10.2. The van der Waals surface area contributed by atoms with Crippen LogP contribution in [0.1, 0.15) is 12.5 Å². The normalized spacial score (nSPS) is 11.8. The molecular formula is C18H20BrN3O3. The van der Waals surface area contributed by atoms with Crippen molar-refractivity contribution in [2.45, 2.75) is 13.0 Å². The van der Waals surface area contributed by atoms with Crippen LogP contribution in [0, 0.1) is 0 Å². The summed E-state index contributed by atoms with van der Waals surface area (Å²) in [5.74, 6) is 1.05. The molecule has 0 aliphatic heterocycles. The van der Waals surface area contributed by atoms with Gasteiger partial charge in [0, 0.05) is 21.8 Å². The average molecular weight is 406 g/mol. The first-order chi connectivity index (χ1) is 12.0. The van der Waals surface area contributed by atoms with Gasteiger partial charge in [-0.25, -0.2) is 5.43 Å². The fourth-order valence-electron chi connectivity index (χ4n) is 2.05. The van der Waals surface area contributed by atoms with Crippen LogP contribution in [0.15, 0.2) is 52.0 Å². The van der Waals surface area contributed by atoms with Crippen molar-refractivity contribution >= 4 is 33.7 Å². The second-order valence-corrected chi connectivity index (χ2v) is 6.13. The van der Waals surface area contributed by atoms with Crippen LogP contribution >= 0.6 is 15.9 Å². The van der Waals surface area contributed by atoms with E-state index in [-0.39, 0.29) is 5.91 Å². The van der Waals surface area contributed by atoms with E-state index >= 15 is 0 Å². The minimum atomic E-state index is -0.434. The van der Waals surface area contributed by atoms with Crippen LogP contribution in [0.5, 0.6) is 11.5 Å². The highest BCUT2D eigenvalue weighted by atomic mass is 79.9. The van der Waals surface area contributed by atoms with Crippen LogP contribution in [-0.4, -0.2) is 32.4 Å². The molecule has 0 spiro atoms. The number of hydrazone groups is 1. The Morgan fingerprint density at radius 1 is 1.16 bits per heavy atom. The van der Waals surface area contributed by atoms with Crippen LogP contribution in [0.3, 0.4) is 0 Å². The Morgan fingerprint density at radius 3 is 2.52 bits per heavy atom. The van der Waals surface area contributed by atoms with Gasteiger partial charge >= 0.3 is 0 Å². The van der Waals surface area contributed by atoms with Crippen molar-refractivity contribution in [1.29, 1.82) is 0 Å². The maximum atomic E-state index is 12.1. The summed E-state index contributed by atoms with van der Waals surface area (Å²) in [5.41, 5.74) is 4.10. The SMILES string of the molecule is COc1ccc(/C=N\NC(=O)[C@H](C)Nc2ccc(Br)cc2)c(OC)c1. The minimum Gasteiger partial charge on any atom is -0.497 e. The van der Waals surface area contributed by atoms with Crippen LogP contribution < -0.4 is 20.2 Å². The third-order valence-electron chi connectivity index (χ3n) is 3.44. The van der Waals surface area contributed by atoms with Gasteiger partial charge in [-0.3, -0.25) is 4.79 Å². The van der Waals surface area contributed by atoms with Crippen molar-refractivity contribution in [3.63, 3.8) is 0 Å². The molecule has 0 unspecified atom stereocenters. The van der Waals surface area contributed by atoms with E-state index in [1.54, 1.807) is 39.3 Å². The molecule has 0 radical (unpaired) electrons. The van der Waals surface area contributed by atoms with E-state index in [1.165, 1.54) is 6.21 Å². The van der Waals surface area contributed by atoms with Crippen molar-refractivity contribution in [3.8, 4) is 11.5 Å². The summed E-state index contributed by atoms with van der Waals surface area (Å²) >= 11 is 3.37. The second kappa shape index (κ2) is 9.08. The number of carbonyl (C=O) groups is 1. The number of benzene rings is 2. The van der Waals surface area contributed by atoms with Gasteiger partial charge in [0.15, 0.2) is 0 Å². The zero-order chi connectivity index (χ0) is 18.2. The van der Waals surface area contributed by atoms with Gasteiger partial charge in [0.25, 0.3) is 5.91 Å². The van der Waals surface area contributed by atoms with Gasteiger partial charge < -0.3 is 14.8 Å². The summed E-state index contributed by atoms with van der Waals surface area (Å²) in [6, 6.07) is 12.5. The molecule has 0 saturated heterocycles. The summed E-state index contributed by atoms with van der Waals surface area (Å²) in [7, 11) is 3.15. The van der Waals surface area contributed by atoms with Crippen molar-refractivity contribution < 1.29 is 14.3 Å². The molecule has 0 heterocycles. The van der Waals surface area contributed by atoms with E-state index in [9.17, 15) is 4.79 Å². The predicted molar refractivity (Wildman–Crippen MR) is 103 cm³/mol. The molecule has 1 amide bonds. The Kier molecular flexibility index (Phi) is 6.82. The lowest BCUT2D eigenvalue weighted by molar-refractivity contribution is -0.121. The summed E-state index contributed by atoms with van der Waals surface area (Å²) in [6.45, 7) is 1.76. The van der Waals surface area contributed by atoms with Crippen molar-refractivity contribution in [1.82, 2.24) is 5.43 Å². The first kappa shape index (κ1) is 18.8. The van der Waals surface area contributed by atoms with E-state index in [2.05, 4.69) is 31.8 Å². The molecule has 1 atom stereocenters. The summed E-state index contributed by atoms with van der Waals surface area (Å²) < 4.78 is 11.4. The number of carbonyl (C=O) groups excluding carboxylic acids is 1. The molecule has 7 heteroatoms. The van der Waals surface area contributed by atoms with E-state index in [0.29, 0.717) is 11.5 Å². The number of nitrogens with zero attached hydrogens (tertiary/aromatic N) is 1. The quantitative estimate of drug-likeness (QED) is 0.546. The number of amides is 1. The molecule has 6 nitrogen and oxygen atoms in total. The highest BCUT2D eigenvalue weighted by Gasteiger charge is 2.11. The Balaban J connectivity index is 1.94. The van der Waals surface area contributed by atoms with Crippen molar-refractivity contribution in [2.24, 2.45) is 5.10 Å². The number of hydrogen-bond acceptors (Lipinski definition) is 5.